The second-order valence-electron chi connectivity index (χ2n) is 8.26. The molecular weight excluding hydrogens is 372 g/mol. The van der Waals surface area contributed by atoms with E-state index in [9.17, 15) is 4.79 Å². The molecule has 162 valence electrons. The number of methoxy groups -OCH3 is 1. The second kappa shape index (κ2) is 11.8. The van der Waals surface area contributed by atoms with Crippen molar-refractivity contribution in [2.45, 2.75) is 45.4 Å². The second-order valence-corrected chi connectivity index (χ2v) is 8.26. The summed E-state index contributed by atoms with van der Waals surface area (Å²) >= 11 is 0. The van der Waals surface area contributed by atoms with E-state index in [4.69, 9.17) is 4.74 Å². The Kier molecular flexibility index (Phi) is 8.76. The minimum absolute atomic E-state index is 0.177. The third-order valence-electron chi connectivity index (χ3n) is 6.26. The van der Waals surface area contributed by atoms with Gasteiger partial charge < -0.3 is 14.5 Å². The fourth-order valence-corrected chi connectivity index (χ4v) is 4.33. The van der Waals surface area contributed by atoms with E-state index in [1.165, 1.54) is 37.7 Å². The molecule has 0 unspecified atom stereocenters. The van der Waals surface area contributed by atoms with Crippen LogP contribution < -0.4 is 9.64 Å². The van der Waals surface area contributed by atoms with Gasteiger partial charge in [-0.3, -0.25) is 4.79 Å². The Morgan fingerprint density at radius 3 is 2.40 bits per heavy atom. The fraction of sp³-hybridized carbons (Fsp3) is 0.500. The maximum absolute atomic E-state index is 12.5. The number of benzene rings is 2. The molecular formula is C26H36N2O2. The van der Waals surface area contributed by atoms with Gasteiger partial charge in [-0.15, -0.1) is 0 Å². The van der Waals surface area contributed by atoms with E-state index in [0.29, 0.717) is 6.42 Å². The normalized spacial score (nSPS) is 15.1. The molecule has 1 amide bonds. The summed E-state index contributed by atoms with van der Waals surface area (Å²) in [5, 5.41) is 0. The molecule has 0 radical (unpaired) electrons. The number of anilines is 1. The van der Waals surface area contributed by atoms with E-state index < -0.39 is 0 Å². The first-order valence-corrected chi connectivity index (χ1v) is 11.4. The van der Waals surface area contributed by atoms with E-state index >= 15 is 0 Å². The van der Waals surface area contributed by atoms with Gasteiger partial charge in [0.05, 0.1) is 7.11 Å². The van der Waals surface area contributed by atoms with E-state index in [1.54, 1.807) is 7.11 Å². The predicted octanol–water partition coefficient (Wildman–Crippen LogP) is 5.17. The Hall–Kier alpha value is -2.33. The number of carbonyl (C=O) groups is 1. The third kappa shape index (κ3) is 6.60. The van der Waals surface area contributed by atoms with Crippen LogP contribution in [0.15, 0.2) is 54.6 Å². The standard InChI is InChI=1S/C26H36N2O2/c1-3-26(29)28(24-12-14-25(30-2)15-13-24)21-20-27-18-16-23(17-19-27)11-7-10-22-8-5-4-6-9-22/h4-6,8-9,12-15,23H,3,7,10-11,16-21H2,1-2H3. The van der Waals surface area contributed by atoms with Crippen LogP contribution in [0.5, 0.6) is 5.75 Å². The van der Waals surface area contributed by atoms with Crippen molar-refractivity contribution in [3.05, 3.63) is 60.2 Å². The molecule has 2 aromatic rings. The summed E-state index contributed by atoms with van der Waals surface area (Å²) < 4.78 is 5.24. The highest BCUT2D eigenvalue weighted by atomic mass is 16.5. The summed E-state index contributed by atoms with van der Waals surface area (Å²) in [7, 11) is 1.66. The van der Waals surface area contributed by atoms with Gasteiger partial charge in [-0.05, 0) is 74.5 Å². The summed E-state index contributed by atoms with van der Waals surface area (Å²) in [6.07, 6.45) is 6.88. The van der Waals surface area contributed by atoms with Gasteiger partial charge >= 0.3 is 0 Å². The van der Waals surface area contributed by atoms with Crippen LogP contribution in [0.4, 0.5) is 5.69 Å². The van der Waals surface area contributed by atoms with E-state index in [1.807, 2.05) is 36.1 Å². The highest BCUT2D eigenvalue weighted by molar-refractivity contribution is 5.93. The Bertz CT molecular complexity index is 752. The molecule has 0 bridgehead atoms. The molecule has 0 aliphatic carbocycles. The number of nitrogens with zero attached hydrogens (tertiary/aromatic N) is 2. The average Bonchev–Trinajstić information content (AvgIpc) is 2.81. The summed E-state index contributed by atoms with van der Waals surface area (Å²) in [5.41, 5.74) is 2.41. The van der Waals surface area contributed by atoms with Crippen molar-refractivity contribution < 1.29 is 9.53 Å². The highest BCUT2D eigenvalue weighted by Crippen LogP contribution is 2.24. The zero-order valence-electron chi connectivity index (χ0n) is 18.6. The molecule has 3 rings (SSSR count). The Labute approximate surface area is 181 Å². The number of amides is 1. The third-order valence-corrected chi connectivity index (χ3v) is 6.26. The van der Waals surface area contributed by atoms with Crippen molar-refractivity contribution in [3.63, 3.8) is 0 Å². The molecule has 1 saturated heterocycles. The smallest absolute Gasteiger partial charge is 0.226 e. The van der Waals surface area contributed by atoms with Crippen molar-refractivity contribution in [2.75, 3.05) is 38.2 Å². The number of ether oxygens (including phenoxy) is 1. The van der Waals surface area contributed by atoms with Crippen LogP contribution >= 0.6 is 0 Å². The first-order valence-electron chi connectivity index (χ1n) is 11.4. The molecule has 1 aliphatic heterocycles. The molecule has 0 saturated carbocycles. The lowest BCUT2D eigenvalue weighted by Gasteiger charge is -2.33. The van der Waals surface area contributed by atoms with Gasteiger partial charge in [-0.25, -0.2) is 0 Å². The maximum atomic E-state index is 12.5. The Morgan fingerprint density at radius 2 is 1.77 bits per heavy atom. The largest absolute Gasteiger partial charge is 0.497 e. The van der Waals surface area contributed by atoms with Crippen LogP contribution in [0.2, 0.25) is 0 Å². The molecule has 1 fully saturated rings. The van der Waals surface area contributed by atoms with Crippen LogP contribution in [-0.4, -0.2) is 44.1 Å². The molecule has 0 atom stereocenters. The molecule has 0 aromatic heterocycles. The number of carbonyl (C=O) groups excluding carboxylic acids is 1. The number of hydrogen-bond acceptors (Lipinski definition) is 3. The molecule has 4 nitrogen and oxygen atoms in total. The van der Waals surface area contributed by atoms with Crippen molar-refractivity contribution in [3.8, 4) is 5.75 Å². The number of piperidine rings is 1. The minimum atomic E-state index is 0.177. The van der Waals surface area contributed by atoms with Crippen LogP contribution in [-0.2, 0) is 11.2 Å². The highest BCUT2D eigenvalue weighted by Gasteiger charge is 2.21. The monoisotopic (exact) mass is 408 g/mol. The lowest BCUT2D eigenvalue weighted by molar-refractivity contribution is -0.118. The lowest BCUT2D eigenvalue weighted by Crippen LogP contribution is -2.41. The number of rotatable bonds is 10. The molecule has 4 heteroatoms. The summed E-state index contributed by atoms with van der Waals surface area (Å²) in [6, 6.07) is 18.6. The van der Waals surface area contributed by atoms with Crippen LogP contribution in [0.1, 0.15) is 44.6 Å². The molecule has 30 heavy (non-hydrogen) atoms. The summed E-state index contributed by atoms with van der Waals surface area (Å²) in [4.78, 5) is 16.9. The lowest BCUT2D eigenvalue weighted by atomic mass is 9.91. The van der Waals surface area contributed by atoms with E-state index in [-0.39, 0.29) is 5.91 Å². The Morgan fingerprint density at radius 1 is 1.07 bits per heavy atom. The van der Waals surface area contributed by atoms with E-state index in [0.717, 1.165) is 43.5 Å². The average molecular weight is 409 g/mol. The van der Waals surface area contributed by atoms with Crippen LogP contribution in [0, 0.1) is 5.92 Å². The van der Waals surface area contributed by atoms with E-state index in [2.05, 4.69) is 35.2 Å². The van der Waals surface area contributed by atoms with Crippen molar-refractivity contribution in [1.82, 2.24) is 4.90 Å². The van der Waals surface area contributed by atoms with Gasteiger partial charge in [0.2, 0.25) is 5.91 Å². The SMILES string of the molecule is CCC(=O)N(CCN1CCC(CCCc2ccccc2)CC1)c1ccc(OC)cc1. The summed E-state index contributed by atoms with van der Waals surface area (Å²) in [6.45, 7) is 5.91. The van der Waals surface area contributed by atoms with Crippen molar-refractivity contribution in [2.24, 2.45) is 5.92 Å². The molecule has 0 spiro atoms. The predicted molar refractivity (Wildman–Crippen MR) is 124 cm³/mol. The van der Waals surface area contributed by atoms with Crippen LogP contribution in [0.3, 0.4) is 0 Å². The van der Waals surface area contributed by atoms with Crippen LogP contribution in [0.25, 0.3) is 0 Å². The number of hydrogen-bond donors (Lipinski definition) is 0. The molecule has 1 heterocycles. The first kappa shape index (κ1) is 22.4. The fourth-order valence-electron chi connectivity index (χ4n) is 4.33. The zero-order valence-corrected chi connectivity index (χ0v) is 18.6. The van der Waals surface area contributed by atoms with Gasteiger partial charge in [-0.1, -0.05) is 43.7 Å². The zero-order chi connectivity index (χ0) is 21.2. The number of aryl methyl sites for hydroxylation is 1. The quantitative estimate of drug-likeness (QED) is 0.543. The Balaban J connectivity index is 1.42. The van der Waals surface area contributed by atoms with Crippen molar-refractivity contribution >= 4 is 11.6 Å². The number of likely N-dealkylation sites (tertiary alicyclic amines) is 1. The topological polar surface area (TPSA) is 32.8 Å². The van der Waals surface area contributed by atoms with Gasteiger partial charge in [0.1, 0.15) is 5.75 Å². The van der Waals surface area contributed by atoms with Crippen molar-refractivity contribution in [1.29, 1.82) is 0 Å². The van der Waals surface area contributed by atoms with Gasteiger partial charge in [0, 0.05) is 25.2 Å². The summed E-state index contributed by atoms with van der Waals surface area (Å²) in [5.74, 6) is 1.84. The maximum Gasteiger partial charge on any atom is 0.226 e. The minimum Gasteiger partial charge on any atom is -0.497 e. The molecule has 1 aliphatic rings. The van der Waals surface area contributed by atoms with Gasteiger partial charge in [-0.2, -0.15) is 0 Å². The van der Waals surface area contributed by atoms with Gasteiger partial charge in [0.15, 0.2) is 0 Å². The molecule has 2 aromatic carbocycles. The van der Waals surface area contributed by atoms with Gasteiger partial charge in [0.25, 0.3) is 0 Å². The first-order chi connectivity index (χ1) is 14.7. The molecule has 0 N–H and O–H groups in total.